The van der Waals surface area contributed by atoms with Crippen molar-refractivity contribution in [1.82, 2.24) is 9.29 Å². The third-order valence-electron chi connectivity index (χ3n) is 3.37. The fourth-order valence-electron chi connectivity index (χ4n) is 2.24. The molecule has 0 bridgehead atoms. The first-order valence-corrected chi connectivity index (χ1v) is 9.00. The second-order valence-electron chi connectivity index (χ2n) is 5.00. The standard InChI is InChI=1S/C14H16N2O3S2/c1-11-4-5-13(15-9-11)19-12-6-7-16(10-12)21(17,18)14-3-2-8-20-14/h2-5,8-9,12H,6-7,10H2,1H3. The molecule has 1 fully saturated rings. The Balaban J connectivity index is 1.67. The fraction of sp³-hybridized carbons (Fsp3) is 0.357. The Bertz CT molecular complexity index is 696. The quantitative estimate of drug-likeness (QED) is 0.866. The molecule has 1 aliphatic rings. The molecule has 5 nitrogen and oxygen atoms in total. The molecule has 112 valence electrons. The molecule has 0 radical (unpaired) electrons. The molecular weight excluding hydrogens is 308 g/mol. The van der Waals surface area contributed by atoms with Crippen LogP contribution < -0.4 is 4.74 Å². The van der Waals surface area contributed by atoms with E-state index in [2.05, 4.69) is 4.98 Å². The normalized spacial score (nSPS) is 19.8. The van der Waals surface area contributed by atoms with E-state index in [1.807, 2.05) is 19.1 Å². The molecule has 7 heteroatoms. The molecule has 2 aromatic heterocycles. The van der Waals surface area contributed by atoms with Crippen LogP contribution in [0.1, 0.15) is 12.0 Å². The largest absolute Gasteiger partial charge is 0.473 e. The van der Waals surface area contributed by atoms with Crippen LogP contribution in [-0.2, 0) is 10.0 Å². The third-order valence-corrected chi connectivity index (χ3v) is 6.61. The van der Waals surface area contributed by atoms with Crippen molar-refractivity contribution in [3.05, 3.63) is 41.4 Å². The van der Waals surface area contributed by atoms with Crippen LogP contribution >= 0.6 is 11.3 Å². The molecule has 0 aliphatic carbocycles. The van der Waals surface area contributed by atoms with E-state index >= 15 is 0 Å². The molecule has 1 unspecified atom stereocenters. The fourth-order valence-corrected chi connectivity index (χ4v) is 4.88. The molecule has 0 saturated carbocycles. The second-order valence-corrected chi connectivity index (χ2v) is 8.11. The van der Waals surface area contributed by atoms with Crippen molar-refractivity contribution in [2.24, 2.45) is 0 Å². The van der Waals surface area contributed by atoms with Gasteiger partial charge in [0.2, 0.25) is 5.88 Å². The van der Waals surface area contributed by atoms with Crippen LogP contribution in [0.15, 0.2) is 40.1 Å². The van der Waals surface area contributed by atoms with Gasteiger partial charge in [0, 0.05) is 18.8 Å². The molecule has 0 spiro atoms. The summed E-state index contributed by atoms with van der Waals surface area (Å²) in [4.78, 5) is 4.19. The number of sulfonamides is 1. The van der Waals surface area contributed by atoms with Crippen LogP contribution in [0.3, 0.4) is 0 Å². The average Bonchev–Trinajstić information content (AvgIpc) is 3.12. The summed E-state index contributed by atoms with van der Waals surface area (Å²) in [6, 6.07) is 7.12. The number of ether oxygens (including phenoxy) is 1. The van der Waals surface area contributed by atoms with Crippen molar-refractivity contribution >= 4 is 21.4 Å². The van der Waals surface area contributed by atoms with Gasteiger partial charge in [-0.1, -0.05) is 12.1 Å². The van der Waals surface area contributed by atoms with Gasteiger partial charge >= 0.3 is 0 Å². The molecule has 0 aromatic carbocycles. The number of rotatable bonds is 4. The van der Waals surface area contributed by atoms with Crippen LogP contribution in [0, 0.1) is 6.92 Å². The smallest absolute Gasteiger partial charge is 0.252 e. The first-order chi connectivity index (χ1) is 10.1. The van der Waals surface area contributed by atoms with E-state index in [4.69, 9.17) is 4.74 Å². The Morgan fingerprint density at radius 3 is 2.90 bits per heavy atom. The zero-order valence-corrected chi connectivity index (χ0v) is 13.2. The number of nitrogens with zero attached hydrogens (tertiary/aromatic N) is 2. The molecule has 3 rings (SSSR count). The molecule has 2 aromatic rings. The van der Waals surface area contributed by atoms with E-state index in [1.165, 1.54) is 15.6 Å². The lowest BCUT2D eigenvalue weighted by molar-refractivity contribution is 0.207. The minimum atomic E-state index is -3.38. The second kappa shape index (κ2) is 5.75. The zero-order chi connectivity index (χ0) is 14.9. The van der Waals surface area contributed by atoms with E-state index < -0.39 is 10.0 Å². The van der Waals surface area contributed by atoms with Crippen molar-refractivity contribution < 1.29 is 13.2 Å². The highest BCUT2D eigenvalue weighted by Gasteiger charge is 2.34. The minimum absolute atomic E-state index is 0.144. The van der Waals surface area contributed by atoms with Gasteiger partial charge < -0.3 is 4.74 Å². The lowest BCUT2D eigenvalue weighted by atomic mass is 10.3. The first kappa shape index (κ1) is 14.5. The molecule has 3 heterocycles. The van der Waals surface area contributed by atoms with E-state index in [-0.39, 0.29) is 6.10 Å². The minimum Gasteiger partial charge on any atom is -0.473 e. The maximum absolute atomic E-state index is 12.4. The number of aryl methyl sites for hydroxylation is 1. The van der Waals surface area contributed by atoms with Gasteiger partial charge in [-0.3, -0.25) is 0 Å². The average molecular weight is 324 g/mol. The lowest BCUT2D eigenvalue weighted by Gasteiger charge is -2.16. The maximum Gasteiger partial charge on any atom is 0.252 e. The van der Waals surface area contributed by atoms with Gasteiger partial charge in [0.25, 0.3) is 10.0 Å². The number of thiophene rings is 1. The Labute approximate surface area is 128 Å². The van der Waals surface area contributed by atoms with Gasteiger partial charge in [0.15, 0.2) is 0 Å². The van der Waals surface area contributed by atoms with Crippen LogP contribution in [-0.4, -0.2) is 36.9 Å². The number of hydrogen-bond donors (Lipinski definition) is 0. The van der Waals surface area contributed by atoms with E-state index in [9.17, 15) is 8.42 Å². The Hall–Kier alpha value is -1.44. The van der Waals surface area contributed by atoms with Crippen molar-refractivity contribution in [3.63, 3.8) is 0 Å². The summed E-state index contributed by atoms with van der Waals surface area (Å²) in [5.74, 6) is 0.543. The molecule has 1 atom stereocenters. The Morgan fingerprint density at radius 1 is 1.38 bits per heavy atom. The summed E-state index contributed by atoms with van der Waals surface area (Å²) in [7, 11) is -3.38. The monoisotopic (exact) mass is 324 g/mol. The highest BCUT2D eigenvalue weighted by molar-refractivity contribution is 7.91. The predicted octanol–water partition coefficient (Wildman–Crippen LogP) is 2.29. The summed E-state index contributed by atoms with van der Waals surface area (Å²) in [6.07, 6.45) is 2.28. The van der Waals surface area contributed by atoms with Gasteiger partial charge in [-0.05, 0) is 30.4 Å². The lowest BCUT2D eigenvalue weighted by Crippen LogP contribution is -2.30. The Kier molecular flexibility index (Phi) is 3.97. The van der Waals surface area contributed by atoms with Crippen LogP contribution in [0.2, 0.25) is 0 Å². The van der Waals surface area contributed by atoms with Gasteiger partial charge in [0.05, 0.1) is 6.54 Å². The van der Waals surface area contributed by atoms with Crippen molar-refractivity contribution in [2.45, 2.75) is 23.7 Å². The molecule has 1 aliphatic heterocycles. The maximum atomic E-state index is 12.4. The molecule has 21 heavy (non-hydrogen) atoms. The van der Waals surface area contributed by atoms with E-state index in [1.54, 1.807) is 23.7 Å². The predicted molar refractivity (Wildman–Crippen MR) is 81.1 cm³/mol. The summed E-state index contributed by atoms with van der Waals surface area (Å²) in [6.45, 7) is 2.81. The van der Waals surface area contributed by atoms with Crippen LogP contribution in [0.4, 0.5) is 0 Å². The van der Waals surface area contributed by atoms with E-state index in [0.29, 0.717) is 29.6 Å². The summed E-state index contributed by atoms with van der Waals surface area (Å²) >= 11 is 1.24. The van der Waals surface area contributed by atoms with Crippen LogP contribution in [0.25, 0.3) is 0 Å². The number of hydrogen-bond acceptors (Lipinski definition) is 5. The third kappa shape index (κ3) is 3.09. The van der Waals surface area contributed by atoms with Gasteiger partial charge in [-0.15, -0.1) is 11.3 Å². The van der Waals surface area contributed by atoms with Crippen LogP contribution in [0.5, 0.6) is 5.88 Å². The zero-order valence-electron chi connectivity index (χ0n) is 11.6. The van der Waals surface area contributed by atoms with Crippen molar-refractivity contribution in [3.8, 4) is 5.88 Å². The van der Waals surface area contributed by atoms with E-state index in [0.717, 1.165) is 5.56 Å². The Morgan fingerprint density at radius 2 is 2.24 bits per heavy atom. The molecular formula is C14H16N2O3S2. The molecule has 0 amide bonds. The molecule has 1 saturated heterocycles. The highest BCUT2D eigenvalue weighted by atomic mass is 32.2. The summed E-state index contributed by atoms with van der Waals surface area (Å²) < 4.78 is 32.4. The summed E-state index contributed by atoms with van der Waals surface area (Å²) in [5, 5.41) is 1.77. The highest BCUT2D eigenvalue weighted by Crippen LogP contribution is 2.26. The topological polar surface area (TPSA) is 59.5 Å². The van der Waals surface area contributed by atoms with Gasteiger partial charge in [-0.25, -0.2) is 13.4 Å². The summed E-state index contributed by atoms with van der Waals surface area (Å²) in [5.41, 5.74) is 1.07. The number of aromatic nitrogens is 1. The van der Waals surface area contributed by atoms with Crippen molar-refractivity contribution in [1.29, 1.82) is 0 Å². The van der Waals surface area contributed by atoms with Gasteiger partial charge in [-0.2, -0.15) is 4.31 Å². The molecule has 0 N–H and O–H groups in total. The first-order valence-electron chi connectivity index (χ1n) is 6.69. The van der Waals surface area contributed by atoms with Crippen molar-refractivity contribution in [2.75, 3.05) is 13.1 Å². The van der Waals surface area contributed by atoms with Gasteiger partial charge in [0.1, 0.15) is 10.3 Å². The SMILES string of the molecule is Cc1ccc(OC2CCN(S(=O)(=O)c3cccs3)C2)nc1. The number of pyridine rings is 1.